The number of imidazole rings is 1. The van der Waals surface area contributed by atoms with Gasteiger partial charge in [-0.3, -0.25) is 0 Å². The molecule has 0 aliphatic heterocycles. The minimum absolute atomic E-state index is 0.586. The molecule has 2 aromatic rings. The van der Waals surface area contributed by atoms with Crippen LogP contribution in [-0.4, -0.2) is 15.8 Å². The number of hydrogen-bond acceptors (Lipinski definition) is 1. The van der Waals surface area contributed by atoms with Crippen molar-refractivity contribution >= 4 is 27.5 Å². The number of aryl methyl sites for hydroxylation is 1. The Balaban J connectivity index is 2.33. The summed E-state index contributed by atoms with van der Waals surface area (Å²) in [5, 5.41) is 0. The topological polar surface area (TPSA) is 28.7 Å². The van der Waals surface area contributed by atoms with Crippen LogP contribution in [0.15, 0.2) is 34.9 Å². The maximum atomic E-state index is 5.65. The van der Waals surface area contributed by atoms with Crippen LogP contribution in [0.5, 0.6) is 0 Å². The molecule has 4 heteroatoms. The number of hydrogen-bond donors (Lipinski definition) is 1. The predicted molar refractivity (Wildman–Crippen MR) is 66.1 cm³/mol. The Hall–Kier alpha value is -0.800. The fourth-order valence-electron chi connectivity index (χ4n) is 1.40. The molecule has 0 aliphatic carbocycles. The van der Waals surface area contributed by atoms with E-state index < -0.39 is 0 Å². The molecule has 0 radical (unpaired) electrons. The van der Waals surface area contributed by atoms with Crippen LogP contribution in [0.3, 0.4) is 0 Å². The Morgan fingerprint density at radius 1 is 1.33 bits per heavy atom. The molecule has 0 atom stereocenters. The zero-order valence-corrected chi connectivity index (χ0v) is 10.3. The van der Waals surface area contributed by atoms with Crippen molar-refractivity contribution in [3.8, 4) is 11.3 Å². The molecule has 2 rings (SSSR count). The molecular formula is C11H10BrClN2. The van der Waals surface area contributed by atoms with Gasteiger partial charge in [-0.15, -0.1) is 11.6 Å². The fourth-order valence-corrected chi connectivity index (χ4v) is 2.07. The summed E-state index contributed by atoms with van der Waals surface area (Å²) in [4.78, 5) is 7.51. The lowest BCUT2D eigenvalue weighted by atomic mass is 10.2. The van der Waals surface area contributed by atoms with Gasteiger partial charge in [0.1, 0.15) is 5.82 Å². The average molecular weight is 286 g/mol. The summed E-state index contributed by atoms with van der Waals surface area (Å²) in [6.07, 6.45) is 2.61. The Kier molecular flexibility index (Phi) is 3.44. The number of aromatic nitrogens is 2. The van der Waals surface area contributed by atoms with Crippen molar-refractivity contribution in [2.75, 3.05) is 5.88 Å². The average Bonchev–Trinajstić information content (AvgIpc) is 2.68. The van der Waals surface area contributed by atoms with E-state index in [4.69, 9.17) is 11.6 Å². The molecule has 78 valence electrons. The van der Waals surface area contributed by atoms with Crippen LogP contribution in [0, 0.1) is 0 Å². The molecule has 2 nitrogen and oxygen atoms in total. The van der Waals surface area contributed by atoms with Crippen molar-refractivity contribution in [3.05, 3.63) is 40.8 Å². The molecule has 0 aliphatic rings. The van der Waals surface area contributed by atoms with Gasteiger partial charge in [0.05, 0.1) is 11.9 Å². The van der Waals surface area contributed by atoms with Crippen molar-refractivity contribution < 1.29 is 0 Å². The third-order valence-corrected chi connectivity index (χ3v) is 3.00. The van der Waals surface area contributed by atoms with Gasteiger partial charge in [-0.25, -0.2) is 4.98 Å². The van der Waals surface area contributed by atoms with E-state index in [9.17, 15) is 0 Å². The number of nitrogens with one attached hydrogen (secondary N) is 1. The van der Waals surface area contributed by atoms with Gasteiger partial charge in [-0.1, -0.05) is 34.1 Å². The van der Waals surface area contributed by atoms with E-state index >= 15 is 0 Å². The van der Waals surface area contributed by atoms with Gasteiger partial charge in [-0.05, 0) is 6.07 Å². The van der Waals surface area contributed by atoms with Crippen LogP contribution in [-0.2, 0) is 6.42 Å². The molecule has 1 aromatic carbocycles. The second-order valence-electron chi connectivity index (χ2n) is 3.16. The quantitative estimate of drug-likeness (QED) is 0.857. The van der Waals surface area contributed by atoms with E-state index in [1.165, 1.54) is 0 Å². The molecule has 0 fully saturated rings. The molecule has 15 heavy (non-hydrogen) atoms. The zero-order chi connectivity index (χ0) is 10.7. The number of benzene rings is 1. The minimum atomic E-state index is 0.586. The molecule has 0 saturated heterocycles. The summed E-state index contributed by atoms with van der Waals surface area (Å²) < 4.78 is 1.06. The molecule has 0 bridgehead atoms. The third-order valence-electron chi connectivity index (χ3n) is 2.12. The van der Waals surface area contributed by atoms with Gasteiger partial charge < -0.3 is 4.98 Å². The van der Waals surface area contributed by atoms with Gasteiger partial charge in [-0.2, -0.15) is 0 Å². The number of alkyl halides is 1. The highest BCUT2D eigenvalue weighted by molar-refractivity contribution is 9.10. The van der Waals surface area contributed by atoms with Crippen LogP contribution in [0.1, 0.15) is 5.82 Å². The maximum Gasteiger partial charge on any atom is 0.107 e. The second-order valence-corrected chi connectivity index (χ2v) is 4.39. The lowest BCUT2D eigenvalue weighted by molar-refractivity contribution is 0.997. The highest BCUT2D eigenvalue weighted by atomic mass is 79.9. The van der Waals surface area contributed by atoms with E-state index in [2.05, 4.69) is 25.9 Å². The highest BCUT2D eigenvalue weighted by Gasteiger charge is 2.05. The van der Waals surface area contributed by atoms with E-state index in [0.717, 1.165) is 28.0 Å². The Morgan fingerprint density at radius 2 is 2.13 bits per heavy atom. The standard InChI is InChI=1S/C11H10BrClN2/c12-9-4-2-1-3-8(9)10-7-14-11(15-10)5-6-13/h1-4,7H,5-6H2,(H,14,15). The zero-order valence-electron chi connectivity index (χ0n) is 8.00. The van der Waals surface area contributed by atoms with Crippen molar-refractivity contribution in [1.29, 1.82) is 0 Å². The first-order valence-electron chi connectivity index (χ1n) is 4.66. The van der Waals surface area contributed by atoms with Crippen LogP contribution >= 0.6 is 27.5 Å². The first-order valence-corrected chi connectivity index (χ1v) is 5.99. The third kappa shape index (κ3) is 2.41. The normalized spacial score (nSPS) is 10.5. The number of aromatic amines is 1. The second kappa shape index (κ2) is 4.81. The van der Waals surface area contributed by atoms with Crippen molar-refractivity contribution in [2.24, 2.45) is 0 Å². The molecule has 0 amide bonds. The SMILES string of the molecule is ClCCc1ncc(-c2ccccc2Br)[nH]1. The van der Waals surface area contributed by atoms with E-state index in [-0.39, 0.29) is 0 Å². The van der Waals surface area contributed by atoms with Gasteiger partial charge in [0.25, 0.3) is 0 Å². The predicted octanol–water partition coefficient (Wildman–Crippen LogP) is 3.62. The van der Waals surface area contributed by atoms with Crippen LogP contribution in [0.25, 0.3) is 11.3 Å². The molecule has 1 heterocycles. The van der Waals surface area contributed by atoms with Crippen LogP contribution < -0.4 is 0 Å². The monoisotopic (exact) mass is 284 g/mol. The summed E-state index contributed by atoms with van der Waals surface area (Å²) >= 11 is 9.16. The van der Waals surface area contributed by atoms with E-state index in [1.54, 1.807) is 0 Å². The largest absolute Gasteiger partial charge is 0.342 e. The van der Waals surface area contributed by atoms with Gasteiger partial charge >= 0.3 is 0 Å². The highest BCUT2D eigenvalue weighted by Crippen LogP contribution is 2.26. The van der Waals surface area contributed by atoms with Gasteiger partial charge in [0.2, 0.25) is 0 Å². The Morgan fingerprint density at radius 3 is 2.87 bits per heavy atom. The fraction of sp³-hybridized carbons (Fsp3) is 0.182. The minimum Gasteiger partial charge on any atom is -0.342 e. The van der Waals surface area contributed by atoms with Gasteiger partial charge in [0, 0.05) is 22.3 Å². The lowest BCUT2D eigenvalue weighted by Crippen LogP contribution is -1.88. The molecule has 0 saturated carbocycles. The van der Waals surface area contributed by atoms with Crippen LogP contribution in [0.2, 0.25) is 0 Å². The van der Waals surface area contributed by atoms with Crippen molar-refractivity contribution in [2.45, 2.75) is 6.42 Å². The number of nitrogens with zero attached hydrogens (tertiary/aromatic N) is 1. The first kappa shape index (κ1) is 10.7. The summed E-state index contributed by atoms with van der Waals surface area (Å²) in [6, 6.07) is 8.05. The van der Waals surface area contributed by atoms with E-state index in [0.29, 0.717) is 5.88 Å². The number of H-pyrrole nitrogens is 1. The smallest absolute Gasteiger partial charge is 0.107 e. The number of halogens is 2. The van der Waals surface area contributed by atoms with Crippen molar-refractivity contribution in [1.82, 2.24) is 9.97 Å². The van der Waals surface area contributed by atoms with Crippen molar-refractivity contribution in [3.63, 3.8) is 0 Å². The number of rotatable bonds is 3. The maximum absolute atomic E-state index is 5.65. The molecule has 1 N–H and O–H groups in total. The molecular weight excluding hydrogens is 275 g/mol. The summed E-state index contributed by atoms with van der Waals surface area (Å²) in [6.45, 7) is 0. The van der Waals surface area contributed by atoms with E-state index in [1.807, 2.05) is 30.5 Å². The summed E-state index contributed by atoms with van der Waals surface area (Å²) in [5.41, 5.74) is 2.13. The molecule has 0 spiro atoms. The molecule has 0 unspecified atom stereocenters. The molecule has 1 aromatic heterocycles. The summed E-state index contributed by atoms with van der Waals surface area (Å²) in [7, 11) is 0. The Labute approximate surface area is 102 Å². The summed E-state index contributed by atoms with van der Waals surface area (Å²) in [5.74, 6) is 1.51. The van der Waals surface area contributed by atoms with Gasteiger partial charge in [0.15, 0.2) is 0 Å². The first-order chi connectivity index (χ1) is 7.31. The van der Waals surface area contributed by atoms with Crippen LogP contribution in [0.4, 0.5) is 0 Å². The Bertz CT molecular complexity index is 453. The lowest BCUT2D eigenvalue weighted by Gasteiger charge is -1.99.